The van der Waals surface area contributed by atoms with Gasteiger partial charge in [0.1, 0.15) is 11.5 Å². The number of ether oxygens (including phenoxy) is 1. The number of halogens is 3. The van der Waals surface area contributed by atoms with Crippen LogP contribution in [0.15, 0.2) is 65.7 Å². The molecular formula is C25H23ClF2NO3S-. The third kappa shape index (κ3) is 4.47. The van der Waals surface area contributed by atoms with Crippen molar-refractivity contribution in [2.24, 2.45) is 16.7 Å². The lowest BCUT2D eigenvalue weighted by atomic mass is 9.78. The molecule has 0 N–H and O–H groups in total. The maximum absolute atomic E-state index is 14.3. The second-order valence-electron chi connectivity index (χ2n) is 8.37. The van der Waals surface area contributed by atoms with Crippen LogP contribution in [0.1, 0.15) is 32.3 Å². The molecule has 0 radical (unpaired) electrons. The molecule has 0 heterocycles. The first-order chi connectivity index (χ1) is 15.5. The van der Waals surface area contributed by atoms with Gasteiger partial charge in [-0.25, -0.2) is 0 Å². The Morgan fingerprint density at radius 1 is 1.27 bits per heavy atom. The highest BCUT2D eigenvalue weighted by molar-refractivity contribution is 8.00. The quantitative estimate of drug-likeness (QED) is 0.434. The molecule has 1 aliphatic rings. The molecule has 3 unspecified atom stereocenters. The lowest BCUT2D eigenvalue weighted by Gasteiger charge is -2.27. The van der Waals surface area contributed by atoms with Crippen molar-refractivity contribution in [1.82, 2.24) is 0 Å². The van der Waals surface area contributed by atoms with Crippen LogP contribution in [0.2, 0.25) is 0 Å². The molecule has 0 aliphatic heterocycles. The summed E-state index contributed by atoms with van der Waals surface area (Å²) in [6.45, 7) is 4.81. The van der Waals surface area contributed by atoms with Gasteiger partial charge in [0.15, 0.2) is 0 Å². The zero-order valence-corrected chi connectivity index (χ0v) is 19.9. The fourth-order valence-electron chi connectivity index (χ4n) is 4.55. The molecule has 174 valence electrons. The van der Waals surface area contributed by atoms with Gasteiger partial charge in [0.25, 0.3) is 0 Å². The number of nitriles is 1. The number of carbonyl (C=O) groups is 1. The molecule has 0 aromatic heterocycles. The molecule has 0 saturated heterocycles. The number of alkyl halides is 2. The largest absolute Gasteiger partial charge is 0.549 e. The summed E-state index contributed by atoms with van der Waals surface area (Å²) in [6, 6.07) is 17.6. The molecule has 8 heteroatoms. The summed E-state index contributed by atoms with van der Waals surface area (Å²) in [6.07, 6.45) is 1.08. The van der Waals surface area contributed by atoms with Gasteiger partial charge in [0.2, 0.25) is 0 Å². The van der Waals surface area contributed by atoms with Crippen LogP contribution in [0.5, 0.6) is 11.5 Å². The van der Waals surface area contributed by atoms with Gasteiger partial charge < -0.3 is 14.6 Å². The maximum Gasteiger partial charge on any atom is 0.329 e. The third-order valence-electron chi connectivity index (χ3n) is 6.26. The van der Waals surface area contributed by atoms with E-state index in [4.69, 9.17) is 16.3 Å². The number of carboxylic acids is 1. The SMILES string of the molecule is CCSC(F)(F)C(Cl)=CC1C(C)(C)C1(C(=O)[O-])C(C#N)c1cccc(Oc2ccccc2)c1. The van der Waals surface area contributed by atoms with Crippen molar-refractivity contribution in [1.29, 1.82) is 5.26 Å². The minimum absolute atomic E-state index is 0.131. The zero-order chi connectivity index (χ0) is 24.4. The fraction of sp³-hybridized carbons (Fsp3) is 0.360. The van der Waals surface area contributed by atoms with E-state index >= 15 is 0 Å². The smallest absolute Gasteiger partial charge is 0.329 e. The Morgan fingerprint density at radius 3 is 2.48 bits per heavy atom. The number of benzene rings is 2. The number of thioether (sulfide) groups is 1. The second kappa shape index (κ2) is 9.36. The molecule has 2 aromatic rings. The van der Waals surface area contributed by atoms with E-state index in [9.17, 15) is 23.9 Å². The Morgan fingerprint density at radius 2 is 1.91 bits per heavy atom. The van der Waals surface area contributed by atoms with Crippen molar-refractivity contribution >= 4 is 29.3 Å². The number of allylic oxidation sites excluding steroid dienone is 1. The van der Waals surface area contributed by atoms with Gasteiger partial charge >= 0.3 is 5.25 Å². The summed E-state index contributed by atoms with van der Waals surface area (Å²) in [7, 11) is 0. The molecule has 1 fully saturated rings. The molecule has 1 saturated carbocycles. The Labute approximate surface area is 201 Å². The van der Waals surface area contributed by atoms with Crippen molar-refractivity contribution in [3.05, 3.63) is 71.3 Å². The number of carbonyl (C=O) groups excluding carboxylic acids is 1. The van der Waals surface area contributed by atoms with E-state index in [1.165, 1.54) is 0 Å². The fourth-order valence-corrected chi connectivity index (χ4v) is 5.41. The maximum atomic E-state index is 14.3. The van der Waals surface area contributed by atoms with E-state index < -0.39 is 38.9 Å². The summed E-state index contributed by atoms with van der Waals surface area (Å²) in [5.41, 5.74) is -2.39. The second-order valence-corrected chi connectivity index (χ2v) is 10.2. The van der Waals surface area contributed by atoms with Gasteiger partial charge in [0, 0.05) is 5.41 Å². The summed E-state index contributed by atoms with van der Waals surface area (Å²) in [5.74, 6) is -2.45. The predicted octanol–water partition coefficient (Wildman–Crippen LogP) is 5.95. The Bertz CT molecular complexity index is 1100. The molecule has 3 rings (SSSR count). The molecule has 2 aromatic carbocycles. The zero-order valence-electron chi connectivity index (χ0n) is 18.3. The molecule has 0 amide bonds. The molecule has 33 heavy (non-hydrogen) atoms. The first-order valence-corrected chi connectivity index (χ1v) is 11.7. The number of nitrogens with zero attached hydrogens (tertiary/aromatic N) is 1. The molecule has 0 spiro atoms. The first-order valence-electron chi connectivity index (χ1n) is 10.4. The number of para-hydroxylation sites is 1. The van der Waals surface area contributed by atoms with Crippen LogP contribution < -0.4 is 9.84 Å². The lowest BCUT2D eigenvalue weighted by molar-refractivity contribution is -0.316. The van der Waals surface area contributed by atoms with Crippen LogP contribution in [0.3, 0.4) is 0 Å². The molecule has 1 aliphatic carbocycles. The topological polar surface area (TPSA) is 73.1 Å². The van der Waals surface area contributed by atoms with Gasteiger partial charge in [-0.1, -0.05) is 80.5 Å². The summed E-state index contributed by atoms with van der Waals surface area (Å²) >= 11 is 6.28. The lowest BCUT2D eigenvalue weighted by Crippen LogP contribution is -2.40. The predicted molar refractivity (Wildman–Crippen MR) is 123 cm³/mol. The average molecular weight is 491 g/mol. The average Bonchev–Trinajstić information content (AvgIpc) is 3.24. The molecular weight excluding hydrogens is 468 g/mol. The number of hydrogen-bond acceptors (Lipinski definition) is 5. The van der Waals surface area contributed by atoms with E-state index in [2.05, 4.69) is 6.07 Å². The highest BCUT2D eigenvalue weighted by Crippen LogP contribution is 2.75. The van der Waals surface area contributed by atoms with Crippen molar-refractivity contribution in [3.8, 4) is 17.6 Å². The van der Waals surface area contributed by atoms with E-state index in [1.54, 1.807) is 57.2 Å². The Kier molecular flexibility index (Phi) is 7.11. The molecule has 3 atom stereocenters. The van der Waals surface area contributed by atoms with Crippen LogP contribution in [0.4, 0.5) is 8.78 Å². The first kappa shape index (κ1) is 25.1. The van der Waals surface area contributed by atoms with E-state index in [-0.39, 0.29) is 5.75 Å². The van der Waals surface area contributed by atoms with Gasteiger partial charge in [-0.3, -0.25) is 0 Å². The Hall–Kier alpha value is -2.56. The van der Waals surface area contributed by atoms with Crippen molar-refractivity contribution in [2.45, 2.75) is 31.9 Å². The standard InChI is InChI=1S/C25H24ClF2NO3S/c1-4-33-25(27,28)21(26)14-20-23(2,3)24(20,22(30)31)19(15-29)16-9-8-12-18(13-16)32-17-10-6-5-7-11-17/h5-14,19-20H,4H2,1-3H3,(H,30,31)/p-1. The van der Waals surface area contributed by atoms with Crippen LogP contribution in [0.25, 0.3) is 0 Å². The van der Waals surface area contributed by atoms with Gasteiger partial charge in [-0.2, -0.15) is 14.0 Å². The number of rotatable bonds is 9. The highest BCUT2D eigenvalue weighted by Gasteiger charge is 2.75. The van der Waals surface area contributed by atoms with Crippen molar-refractivity contribution in [2.75, 3.05) is 5.75 Å². The van der Waals surface area contributed by atoms with Crippen molar-refractivity contribution < 1.29 is 23.4 Å². The van der Waals surface area contributed by atoms with Crippen LogP contribution >= 0.6 is 23.4 Å². The van der Waals surface area contributed by atoms with Gasteiger partial charge in [0.05, 0.1) is 23.0 Å². The van der Waals surface area contributed by atoms with E-state index in [1.807, 2.05) is 18.2 Å². The number of aliphatic carboxylic acids is 1. The van der Waals surface area contributed by atoms with Crippen molar-refractivity contribution in [3.63, 3.8) is 0 Å². The minimum Gasteiger partial charge on any atom is -0.549 e. The monoisotopic (exact) mass is 490 g/mol. The van der Waals surface area contributed by atoms with Gasteiger partial charge in [-0.15, -0.1) is 0 Å². The minimum atomic E-state index is -3.35. The van der Waals surface area contributed by atoms with Crippen LogP contribution in [-0.2, 0) is 4.79 Å². The third-order valence-corrected chi connectivity index (χ3v) is 7.61. The number of hydrogen-bond donors (Lipinski definition) is 0. The molecule has 0 bridgehead atoms. The Balaban J connectivity index is 2.01. The summed E-state index contributed by atoms with van der Waals surface area (Å²) in [4.78, 5) is 12.5. The highest BCUT2D eigenvalue weighted by atomic mass is 35.5. The van der Waals surface area contributed by atoms with E-state index in [0.717, 1.165) is 6.08 Å². The van der Waals surface area contributed by atoms with Crippen LogP contribution in [0, 0.1) is 28.1 Å². The summed E-state index contributed by atoms with van der Waals surface area (Å²) < 4.78 is 34.4. The van der Waals surface area contributed by atoms with Gasteiger partial charge in [-0.05, 0) is 46.9 Å². The number of carboxylic acid groups (broad SMARTS) is 1. The summed E-state index contributed by atoms with van der Waals surface area (Å²) in [5, 5.41) is 18.4. The normalized spacial score (nSPS) is 22.8. The van der Waals surface area contributed by atoms with E-state index in [0.29, 0.717) is 28.8 Å². The molecule has 4 nitrogen and oxygen atoms in total. The van der Waals surface area contributed by atoms with Crippen LogP contribution in [-0.4, -0.2) is 17.0 Å².